The molecule has 2 fully saturated rings. The molecule has 8 heteroatoms. The summed E-state index contributed by atoms with van der Waals surface area (Å²) in [7, 11) is -1.12. The summed E-state index contributed by atoms with van der Waals surface area (Å²) in [6, 6.07) is -0.00351. The first kappa shape index (κ1) is 20.0. The highest BCUT2D eigenvalue weighted by Crippen LogP contribution is 2.14. The number of hydrogen-bond donors (Lipinski definition) is 2. The van der Waals surface area contributed by atoms with Crippen molar-refractivity contribution in [2.75, 3.05) is 44.7 Å². The predicted molar refractivity (Wildman–Crippen MR) is 102 cm³/mol. The number of sulfone groups is 1. The number of halogens is 1. The Morgan fingerprint density at radius 2 is 2.14 bits per heavy atom. The molecule has 22 heavy (non-hydrogen) atoms. The lowest BCUT2D eigenvalue weighted by atomic mass is 10.0. The van der Waals surface area contributed by atoms with Gasteiger partial charge in [-0.25, -0.2) is 8.42 Å². The van der Waals surface area contributed by atoms with E-state index in [4.69, 9.17) is 0 Å². The monoisotopic (exact) mass is 444 g/mol. The van der Waals surface area contributed by atoms with Crippen LogP contribution in [0.5, 0.6) is 0 Å². The third kappa shape index (κ3) is 6.57. The lowest BCUT2D eigenvalue weighted by Gasteiger charge is -2.31. The van der Waals surface area contributed by atoms with E-state index in [1.54, 1.807) is 7.05 Å². The van der Waals surface area contributed by atoms with Crippen LogP contribution in [0.2, 0.25) is 0 Å². The van der Waals surface area contributed by atoms with Crippen LogP contribution in [0.1, 0.15) is 26.2 Å². The van der Waals surface area contributed by atoms with E-state index in [2.05, 4.69) is 27.4 Å². The Hall–Kier alpha value is -0.0900. The lowest BCUT2D eigenvalue weighted by molar-refractivity contribution is 0.187. The molecule has 2 heterocycles. The number of nitrogens with one attached hydrogen (secondary N) is 2. The summed E-state index contributed by atoms with van der Waals surface area (Å²) in [6.45, 7) is 6.51. The molecule has 2 atom stereocenters. The molecule has 6 nitrogen and oxygen atoms in total. The van der Waals surface area contributed by atoms with Crippen LogP contribution in [0.15, 0.2) is 4.99 Å². The molecule has 0 bridgehead atoms. The zero-order valence-corrected chi connectivity index (χ0v) is 16.7. The maximum absolute atomic E-state index is 11.5. The molecule has 0 radical (unpaired) electrons. The summed E-state index contributed by atoms with van der Waals surface area (Å²) >= 11 is 0. The van der Waals surface area contributed by atoms with Crippen molar-refractivity contribution in [2.45, 2.75) is 32.2 Å². The lowest BCUT2D eigenvalue weighted by Crippen LogP contribution is -2.47. The number of rotatable bonds is 4. The molecule has 0 aromatic heterocycles. The highest BCUT2D eigenvalue weighted by molar-refractivity contribution is 14.0. The van der Waals surface area contributed by atoms with Crippen LogP contribution >= 0.6 is 24.0 Å². The van der Waals surface area contributed by atoms with Crippen molar-refractivity contribution in [2.24, 2.45) is 10.9 Å². The van der Waals surface area contributed by atoms with Crippen LogP contribution in [-0.2, 0) is 9.84 Å². The molecule has 0 spiro atoms. The molecule has 2 aliphatic rings. The van der Waals surface area contributed by atoms with Gasteiger partial charge in [0.05, 0.1) is 11.5 Å². The summed E-state index contributed by atoms with van der Waals surface area (Å²) in [5.74, 6) is 2.01. The van der Waals surface area contributed by atoms with Crippen LogP contribution < -0.4 is 10.6 Å². The van der Waals surface area contributed by atoms with Gasteiger partial charge in [0.25, 0.3) is 0 Å². The van der Waals surface area contributed by atoms with Crippen LogP contribution in [0.3, 0.4) is 0 Å². The van der Waals surface area contributed by atoms with E-state index < -0.39 is 9.84 Å². The van der Waals surface area contributed by atoms with E-state index in [0.29, 0.717) is 12.4 Å². The predicted octanol–water partition coefficient (Wildman–Crippen LogP) is 0.688. The van der Waals surface area contributed by atoms with Crippen molar-refractivity contribution in [3.63, 3.8) is 0 Å². The van der Waals surface area contributed by atoms with E-state index in [0.717, 1.165) is 19.0 Å². The number of hydrogen-bond acceptors (Lipinski definition) is 4. The molecule has 2 unspecified atom stereocenters. The highest BCUT2D eigenvalue weighted by atomic mass is 127. The Morgan fingerprint density at radius 3 is 2.73 bits per heavy atom. The van der Waals surface area contributed by atoms with E-state index in [-0.39, 0.29) is 41.5 Å². The molecule has 0 saturated carbocycles. The average Bonchev–Trinajstić information content (AvgIpc) is 2.77. The standard InChI is InChI=1S/C14H28N4O2S.HI/c1-12-4-3-7-18(10-12)8-6-16-14(15-2)17-13-5-9-21(19,20)11-13;/h12-13H,3-11H2,1-2H3,(H2,15,16,17);1H. The van der Waals surface area contributed by atoms with Crippen LogP contribution in [0.25, 0.3) is 0 Å². The van der Waals surface area contributed by atoms with Crippen molar-refractivity contribution in [3.8, 4) is 0 Å². The number of likely N-dealkylation sites (tertiary alicyclic amines) is 1. The minimum atomic E-state index is -2.85. The van der Waals surface area contributed by atoms with Gasteiger partial charge >= 0.3 is 0 Å². The van der Waals surface area contributed by atoms with Gasteiger partial charge in [-0.2, -0.15) is 0 Å². The third-order valence-corrected chi connectivity index (χ3v) is 6.03. The van der Waals surface area contributed by atoms with Crippen molar-refractivity contribution >= 4 is 39.8 Å². The molecular formula is C14H29IN4O2S. The largest absolute Gasteiger partial charge is 0.355 e. The van der Waals surface area contributed by atoms with Gasteiger partial charge in [0.15, 0.2) is 15.8 Å². The Kier molecular flexibility index (Phi) is 8.40. The molecule has 0 aliphatic carbocycles. The van der Waals surface area contributed by atoms with Crippen LogP contribution in [0.4, 0.5) is 0 Å². The van der Waals surface area contributed by atoms with Gasteiger partial charge in [-0.15, -0.1) is 24.0 Å². The van der Waals surface area contributed by atoms with Gasteiger partial charge in [0.1, 0.15) is 0 Å². The van der Waals surface area contributed by atoms with Crippen LogP contribution in [0, 0.1) is 5.92 Å². The minimum absolute atomic E-state index is 0. The van der Waals surface area contributed by atoms with Gasteiger partial charge in [0, 0.05) is 32.7 Å². The smallest absolute Gasteiger partial charge is 0.191 e. The van der Waals surface area contributed by atoms with Gasteiger partial charge in [-0.3, -0.25) is 4.99 Å². The average molecular weight is 444 g/mol. The minimum Gasteiger partial charge on any atom is -0.355 e. The van der Waals surface area contributed by atoms with E-state index in [1.807, 2.05) is 0 Å². The Balaban J connectivity index is 0.00000242. The Morgan fingerprint density at radius 1 is 1.36 bits per heavy atom. The fraction of sp³-hybridized carbons (Fsp3) is 0.929. The highest BCUT2D eigenvalue weighted by Gasteiger charge is 2.28. The summed E-state index contributed by atoms with van der Waals surface area (Å²) < 4.78 is 22.9. The number of piperidine rings is 1. The zero-order chi connectivity index (χ0) is 15.3. The van der Waals surface area contributed by atoms with Crippen molar-refractivity contribution in [3.05, 3.63) is 0 Å². The Bertz CT molecular complexity index is 469. The second-order valence-corrected chi connectivity index (χ2v) is 8.52. The van der Waals surface area contributed by atoms with E-state index >= 15 is 0 Å². The maximum atomic E-state index is 11.5. The summed E-state index contributed by atoms with van der Waals surface area (Å²) in [6.07, 6.45) is 3.30. The molecule has 130 valence electrons. The first-order valence-electron chi connectivity index (χ1n) is 7.88. The quantitative estimate of drug-likeness (QED) is 0.379. The molecule has 2 N–H and O–H groups in total. The number of guanidine groups is 1. The topological polar surface area (TPSA) is 73.8 Å². The summed E-state index contributed by atoms with van der Waals surface area (Å²) in [5, 5.41) is 6.50. The van der Waals surface area contributed by atoms with Crippen molar-refractivity contribution in [1.82, 2.24) is 15.5 Å². The second kappa shape index (κ2) is 9.27. The maximum Gasteiger partial charge on any atom is 0.191 e. The fourth-order valence-electron chi connectivity index (χ4n) is 3.12. The van der Waals surface area contributed by atoms with Gasteiger partial charge < -0.3 is 15.5 Å². The molecule has 2 saturated heterocycles. The second-order valence-electron chi connectivity index (χ2n) is 6.29. The van der Waals surface area contributed by atoms with E-state index in [9.17, 15) is 8.42 Å². The number of nitrogens with zero attached hydrogens (tertiary/aromatic N) is 2. The van der Waals surface area contributed by atoms with E-state index in [1.165, 1.54) is 25.9 Å². The SMILES string of the molecule is CN=C(NCCN1CCCC(C)C1)NC1CCS(=O)(=O)C1.I. The molecule has 2 rings (SSSR count). The molecule has 0 amide bonds. The van der Waals surface area contributed by atoms with Crippen molar-refractivity contribution < 1.29 is 8.42 Å². The molecule has 2 aliphatic heterocycles. The first-order valence-corrected chi connectivity index (χ1v) is 9.70. The third-order valence-electron chi connectivity index (χ3n) is 4.26. The van der Waals surface area contributed by atoms with Gasteiger partial charge in [0.2, 0.25) is 0 Å². The zero-order valence-electron chi connectivity index (χ0n) is 13.5. The fourth-order valence-corrected chi connectivity index (χ4v) is 4.79. The van der Waals surface area contributed by atoms with Crippen molar-refractivity contribution in [1.29, 1.82) is 0 Å². The molecule has 0 aromatic carbocycles. The first-order chi connectivity index (χ1) is 9.98. The Labute approximate surface area is 151 Å². The van der Waals surface area contributed by atoms with Crippen LogP contribution in [-0.4, -0.2) is 70.1 Å². The summed E-state index contributed by atoms with van der Waals surface area (Å²) in [4.78, 5) is 6.66. The number of aliphatic imine (C=N–C) groups is 1. The molecular weight excluding hydrogens is 415 g/mol. The van der Waals surface area contributed by atoms with Gasteiger partial charge in [-0.1, -0.05) is 6.92 Å². The molecule has 0 aromatic rings. The summed E-state index contributed by atoms with van der Waals surface area (Å²) in [5.41, 5.74) is 0. The van der Waals surface area contributed by atoms with Gasteiger partial charge in [-0.05, 0) is 31.7 Å². The normalized spacial score (nSPS) is 28.9.